The van der Waals surface area contributed by atoms with Crippen molar-refractivity contribution in [2.75, 3.05) is 13.1 Å². The molecule has 3 heterocycles. The quantitative estimate of drug-likeness (QED) is 0.506. The van der Waals surface area contributed by atoms with Gasteiger partial charge in [0.15, 0.2) is 0 Å². The van der Waals surface area contributed by atoms with E-state index >= 15 is 0 Å². The Morgan fingerprint density at radius 1 is 1.07 bits per heavy atom. The minimum atomic E-state index is -0.274. The minimum absolute atomic E-state index is 0.119. The number of hydrogen-bond acceptors (Lipinski definition) is 1. The Hall–Kier alpha value is -3.08. The van der Waals surface area contributed by atoms with Gasteiger partial charge >= 0.3 is 0 Å². The van der Waals surface area contributed by atoms with Crippen molar-refractivity contribution >= 4 is 27.7 Å². The number of amides is 1. The van der Waals surface area contributed by atoms with E-state index in [1.807, 2.05) is 17.9 Å². The molecule has 0 radical (unpaired) electrons. The van der Waals surface area contributed by atoms with Crippen LogP contribution in [0.5, 0.6) is 0 Å². The normalized spacial score (nSPS) is 15.4. The first kappa shape index (κ1) is 18.0. The lowest BCUT2D eigenvalue weighted by atomic mass is 9.93. The molecule has 2 N–H and O–H groups in total. The second kappa shape index (κ2) is 7.07. The van der Waals surface area contributed by atoms with Crippen molar-refractivity contribution in [1.82, 2.24) is 14.9 Å². The fraction of sp³-hybridized carbons (Fsp3) is 0.292. The molecule has 1 aliphatic rings. The molecule has 1 fully saturated rings. The summed E-state index contributed by atoms with van der Waals surface area (Å²) in [4.78, 5) is 21.7. The summed E-state index contributed by atoms with van der Waals surface area (Å²) in [5.41, 5.74) is 5.16. The average molecular weight is 389 g/mol. The van der Waals surface area contributed by atoms with Gasteiger partial charge in [-0.2, -0.15) is 0 Å². The van der Waals surface area contributed by atoms with Crippen molar-refractivity contribution < 1.29 is 9.18 Å². The highest BCUT2D eigenvalue weighted by atomic mass is 19.1. The molecule has 5 heteroatoms. The van der Waals surface area contributed by atoms with Crippen molar-refractivity contribution in [3.63, 3.8) is 0 Å². The van der Waals surface area contributed by atoms with Crippen LogP contribution in [0, 0.1) is 12.7 Å². The summed E-state index contributed by atoms with van der Waals surface area (Å²) in [6.07, 6.45) is 2.23. The van der Waals surface area contributed by atoms with Gasteiger partial charge in [-0.3, -0.25) is 4.79 Å². The van der Waals surface area contributed by atoms with Crippen LogP contribution in [0.4, 0.5) is 4.39 Å². The molecule has 0 unspecified atom stereocenters. The van der Waals surface area contributed by atoms with Gasteiger partial charge in [0.1, 0.15) is 5.82 Å². The van der Waals surface area contributed by atoms with E-state index in [1.54, 1.807) is 6.07 Å². The van der Waals surface area contributed by atoms with Gasteiger partial charge in [0.05, 0.1) is 6.42 Å². The summed E-state index contributed by atoms with van der Waals surface area (Å²) in [6.45, 7) is 3.46. The van der Waals surface area contributed by atoms with Gasteiger partial charge in [-0.1, -0.05) is 18.2 Å². The Kier molecular flexibility index (Phi) is 4.38. The van der Waals surface area contributed by atoms with E-state index in [0.29, 0.717) is 12.3 Å². The molecule has 1 amide bonds. The van der Waals surface area contributed by atoms with Crippen LogP contribution in [0.2, 0.25) is 0 Å². The van der Waals surface area contributed by atoms with Crippen LogP contribution in [-0.4, -0.2) is 33.9 Å². The monoisotopic (exact) mass is 389 g/mol. The first-order chi connectivity index (χ1) is 14.1. The molecule has 0 bridgehead atoms. The molecular weight excluding hydrogens is 365 g/mol. The highest BCUT2D eigenvalue weighted by Crippen LogP contribution is 2.31. The summed E-state index contributed by atoms with van der Waals surface area (Å²) < 4.78 is 13.7. The third-order valence-electron chi connectivity index (χ3n) is 6.25. The van der Waals surface area contributed by atoms with Crippen LogP contribution in [0.15, 0.2) is 48.5 Å². The third-order valence-corrected chi connectivity index (χ3v) is 6.25. The molecule has 148 valence electrons. The number of likely N-dealkylation sites (tertiary alicyclic amines) is 1. The largest absolute Gasteiger partial charge is 0.358 e. The molecule has 0 saturated carbocycles. The molecule has 5 rings (SSSR count). The van der Waals surface area contributed by atoms with Gasteiger partial charge in [-0.25, -0.2) is 4.39 Å². The minimum Gasteiger partial charge on any atom is -0.358 e. The van der Waals surface area contributed by atoms with Crippen molar-refractivity contribution in [3.05, 3.63) is 71.3 Å². The zero-order valence-electron chi connectivity index (χ0n) is 16.5. The van der Waals surface area contributed by atoms with E-state index < -0.39 is 0 Å². The predicted octanol–water partition coefficient (Wildman–Crippen LogP) is 5.05. The van der Waals surface area contributed by atoms with E-state index in [4.69, 9.17) is 0 Å². The maximum absolute atomic E-state index is 13.7. The first-order valence-electron chi connectivity index (χ1n) is 10.2. The molecule has 1 saturated heterocycles. The Labute approximate surface area is 168 Å². The van der Waals surface area contributed by atoms with Gasteiger partial charge in [0, 0.05) is 46.8 Å². The van der Waals surface area contributed by atoms with Crippen LogP contribution in [0.3, 0.4) is 0 Å². The Bertz CT molecular complexity index is 1160. The van der Waals surface area contributed by atoms with Crippen molar-refractivity contribution in [1.29, 1.82) is 0 Å². The van der Waals surface area contributed by atoms with Crippen molar-refractivity contribution in [3.8, 4) is 0 Å². The number of aromatic nitrogens is 2. The molecule has 29 heavy (non-hydrogen) atoms. The zero-order valence-corrected chi connectivity index (χ0v) is 16.5. The molecule has 2 aromatic heterocycles. The fourth-order valence-electron chi connectivity index (χ4n) is 4.60. The van der Waals surface area contributed by atoms with E-state index in [-0.39, 0.29) is 11.7 Å². The highest BCUT2D eigenvalue weighted by Gasteiger charge is 2.26. The number of halogens is 1. The molecule has 0 atom stereocenters. The number of carbonyl (C=O) groups excluding carboxylic acids is 1. The zero-order chi connectivity index (χ0) is 20.0. The Morgan fingerprint density at radius 2 is 1.86 bits per heavy atom. The lowest BCUT2D eigenvalue weighted by Crippen LogP contribution is -2.38. The Balaban J connectivity index is 1.28. The molecule has 1 aliphatic heterocycles. The average Bonchev–Trinajstić information content (AvgIpc) is 3.29. The van der Waals surface area contributed by atoms with Gasteiger partial charge in [0.2, 0.25) is 5.91 Å². The Morgan fingerprint density at radius 3 is 2.66 bits per heavy atom. The summed E-state index contributed by atoms with van der Waals surface area (Å²) >= 11 is 0. The smallest absolute Gasteiger partial charge is 0.227 e. The molecule has 0 spiro atoms. The van der Waals surface area contributed by atoms with Gasteiger partial charge in [-0.05, 0) is 61.0 Å². The summed E-state index contributed by atoms with van der Waals surface area (Å²) in [5.74, 6) is 0.299. The second-order valence-electron chi connectivity index (χ2n) is 8.06. The van der Waals surface area contributed by atoms with Crippen molar-refractivity contribution in [2.24, 2.45) is 0 Å². The molecule has 2 aromatic carbocycles. The first-order valence-corrected chi connectivity index (χ1v) is 10.2. The fourth-order valence-corrected chi connectivity index (χ4v) is 4.60. The number of fused-ring (bicyclic) bond motifs is 2. The van der Waals surface area contributed by atoms with Gasteiger partial charge in [-0.15, -0.1) is 0 Å². The number of nitrogens with one attached hydrogen (secondary N) is 2. The molecule has 0 aliphatic carbocycles. The van der Waals surface area contributed by atoms with Crippen LogP contribution in [0.1, 0.15) is 35.7 Å². The second-order valence-corrected chi connectivity index (χ2v) is 8.06. The number of piperidine rings is 1. The van der Waals surface area contributed by atoms with E-state index in [0.717, 1.165) is 48.1 Å². The van der Waals surface area contributed by atoms with Gasteiger partial charge < -0.3 is 14.9 Å². The number of hydrogen-bond donors (Lipinski definition) is 2. The number of benzene rings is 2. The molecule has 4 aromatic rings. The maximum atomic E-state index is 13.7. The number of para-hydroxylation sites is 1. The number of aromatic amines is 2. The number of nitrogens with zero attached hydrogens (tertiary/aromatic N) is 1. The lowest BCUT2D eigenvalue weighted by molar-refractivity contribution is -0.131. The summed E-state index contributed by atoms with van der Waals surface area (Å²) in [7, 11) is 0. The maximum Gasteiger partial charge on any atom is 0.227 e. The molecular formula is C24H24FN3O. The lowest BCUT2D eigenvalue weighted by Gasteiger charge is -2.31. The van der Waals surface area contributed by atoms with Crippen molar-refractivity contribution in [2.45, 2.75) is 32.1 Å². The van der Waals surface area contributed by atoms with Crippen LogP contribution >= 0.6 is 0 Å². The number of rotatable bonds is 3. The number of aryl methyl sites for hydroxylation is 1. The van der Waals surface area contributed by atoms with Gasteiger partial charge in [0.25, 0.3) is 0 Å². The summed E-state index contributed by atoms with van der Waals surface area (Å²) in [6, 6.07) is 15.3. The molecule has 4 nitrogen and oxygen atoms in total. The standard InChI is InChI=1S/C24H24FN3O/c1-15-19(20-13-18(25)6-7-22(20)26-15)14-24(29)28-10-8-16(9-11-28)23-12-17-4-2-3-5-21(17)27-23/h2-7,12-13,16,26-27H,8-11,14H2,1H3. The van der Waals surface area contributed by atoms with E-state index in [2.05, 4.69) is 34.2 Å². The predicted molar refractivity (Wildman–Crippen MR) is 114 cm³/mol. The number of carbonyl (C=O) groups is 1. The SMILES string of the molecule is Cc1[nH]c2ccc(F)cc2c1CC(=O)N1CCC(c2cc3ccccc3[nH]2)CC1. The van der Waals surface area contributed by atoms with Crippen LogP contribution in [0.25, 0.3) is 21.8 Å². The topological polar surface area (TPSA) is 51.9 Å². The third kappa shape index (κ3) is 3.31. The van der Waals surface area contributed by atoms with E-state index in [9.17, 15) is 9.18 Å². The highest BCUT2D eigenvalue weighted by molar-refractivity contribution is 5.90. The van der Waals surface area contributed by atoms with Crippen LogP contribution < -0.4 is 0 Å². The summed E-state index contributed by atoms with van der Waals surface area (Å²) in [5, 5.41) is 2.05. The van der Waals surface area contributed by atoms with E-state index in [1.165, 1.54) is 28.7 Å². The number of H-pyrrole nitrogens is 2. The van der Waals surface area contributed by atoms with Crippen LogP contribution in [-0.2, 0) is 11.2 Å².